The topological polar surface area (TPSA) is 94.4 Å². The van der Waals surface area contributed by atoms with E-state index in [0.29, 0.717) is 16.7 Å². The van der Waals surface area contributed by atoms with Gasteiger partial charge in [0.15, 0.2) is 0 Å². The third-order valence-corrected chi connectivity index (χ3v) is 5.38. The minimum atomic E-state index is -0.722. The summed E-state index contributed by atoms with van der Waals surface area (Å²) in [6.45, 7) is 5.69. The maximum atomic E-state index is 13.6. The van der Waals surface area contributed by atoms with Gasteiger partial charge in [0.05, 0.1) is 28.2 Å². The number of aromatic nitrogens is 3. The lowest BCUT2D eigenvalue weighted by molar-refractivity contribution is 0.100. The van der Waals surface area contributed by atoms with E-state index in [4.69, 9.17) is 5.73 Å². The van der Waals surface area contributed by atoms with E-state index in [0.717, 1.165) is 28.4 Å². The second-order valence-corrected chi connectivity index (χ2v) is 7.56. The summed E-state index contributed by atoms with van der Waals surface area (Å²) >= 11 is 0. The first-order valence-corrected chi connectivity index (χ1v) is 9.51. The number of fused-ring (bicyclic) bond motifs is 3. The van der Waals surface area contributed by atoms with Crippen LogP contribution in [0.4, 0.5) is 10.1 Å². The molecule has 1 amide bonds. The summed E-state index contributed by atoms with van der Waals surface area (Å²) in [5, 5.41) is 3.82. The van der Waals surface area contributed by atoms with Gasteiger partial charge in [0, 0.05) is 12.7 Å². The molecule has 0 radical (unpaired) electrons. The van der Waals surface area contributed by atoms with E-state index in [1.54, 1.807) is 17.9 Å². The molecule has 30 heavy (non-hydrogen) atoms. The molecule has 0 bridgehead atoms. The maximum absolute atomic E-state index is 13.6. The van der Waals surface area contributed by atoms with Crippen LogP contribution < -0.4 is 16.6 Å². The molecule has 0 fully saturated rings. The van der Waals surface area contributed by atoms with E-state index in [1.165, 1.54) is 12.1 Å². The van der Waals surface area contributed by atoms with Crippen molar-refractivity contribution < 1.29 is 9.18 Å². The van der Waals surface area contributed by atoms with Crippen molar-refractivity contribution in [2.24, 2.45) is 12.8 Å². The first kappa shape index (κ1) is 19.6. The summed E-state index contributed by atoms with van der Waals surface area (Å²) in [7, 11) is 1.73. The minimum Gasteiger partial charge on any atom is -0.378 e. The highest BCUT2D eigenvalue weighted by Gasteiger charge is 2.20. The second-order valence-electron chi connectivity index (χ2n) is 7.56. The molecule has 1 unspecified atom stereocenters. The van der Waals surface area contributed by atoms with E-state index in [-0.39, 0.29) is 17.2 Å². The Morgan fingerprint density at radius 2 is 1.97 bits per heavy atom. The minimum absolute atomic E-state index is 0.0679. The second kappa shape index (κ2) is 6.98. The Kier molecular flexibility index (Phi) is 4.57. The monoisotopic (exact) mass is 407 g/mol. The summed E-state index contributed by atoms with van der Waals surface area (Å²) < 4.78 is 17.1. The van der Waals surface area contributed by atoms with Crippen molar-refractivity contribution in [2.45, 2.75) is 26.8 Å². The van der Waals surface area contributed by atoms with Crippen LogP contribution in [0, 0.1) is 19.7 Å². The van der Waals surface area contributed by atoms with Crippen LogP contribution in [-0.4, -0.2) is 19.9 Å². The Labute approximate surface area is 172 Å². The molecular weight excluding hydrogens is 385 g/mol. The molecule has 0 spiro atoms. The van der Waals surface area contributed by atoms with Gasteiger partial charge in [0.1, 0.15) is 17.8 Å². The third-order valence-electron chi connectivity index (χ3n) is 5.38. The molecule has 4 rings (SSSR count). The first-order valence-electron chi connectivity index (χ1n) is 9.51. The molecule has 2 aromatic heterocycles. The molecule has 0 aliphatic rings. The number of anilines is 1. The Morgan fingerprint density at radius 3 is 2.67 bits per heavy atom. The zero-order valence-corrected chi connectivity index (χ0v) is 17.2. The number of hydrogen-bond acceptors (Lipinski definition) is 4. The lowest BCUT2D eigenvalue weighted by Gasteiger charge is -2.21. The lowest BCUT2D eigenvalue weighted by Crippen LogP contribution is -2.22. The van der Waals surface area contributed by atoms with E-state index in [2.05, 4.69) is 10.3 Å². The molecule has 154 valence electrons. The molecule has 4 aromatic rings. The predicted molar refractivity (Wildman–Crippen MR) is 114 cm³/mol. The molecule has 3 N–H and O–H groups in total. The van der Waals surface area contributed by atoms with Crippen molar-refractivity contribution >= 4 is 28.1 Å². The van der Waals surface area contributed by atoms with Crippen LogP contribution in [0.1, 0.15) is 40.1 Å². The standard InChI is InChI=1S/C22H22FN5O2/c1-11-7-15(12(2)26-18-6-5-14(23)9-16(18)20(24)29)19-17(8-11)22(30)27(4)21-13(3)25-10-28(19)21/h5-10,12,26H,1-4H3,(H2,24,29). The number of imidazole rings is 1. The van der Waals surface area contributed by atoms with Crippen molar-refractivity contribution in [3.63, 3.8) is 0 Å². The SMILES string of the molecule is Cc1cc(C(C)Nc2ccc(F)cc2C(N)=O)c2c(c1)c(=O)n(C)c1c(C)ncn21. The van der Waals surface area contributed by atoms with Crippen molar-refractivity contribution in [2.75, 3.05) is 5.32 Å². The van der Waals surface area contributed by atoms with Gasteiger partial charge < -0.3 is 11.1 Å². The average molecular weight is 407 g/mol. The molecule has 0 aliphatic carbocycles. The molecule has 0 saturated carbocycles. The van der Waals surface area contributed by atoms with E-state index in [9.17, 15) is 14.0 Å². The van der Waals surface area contributed by atoms with Gasteiger partial charge in [-0.15, -0.1) is 0 Å². The summed E-state index contributed by atoms with van der Waals surface area (Å²) in [6, 6.07) is 7.40. The predicted octanol–water partition coefficient (Wildman–Crippen LogP) is 3.21. The van der Waals surface area contributed by atoms with Crippen LogP contribution >= 0.6 is 0 Å². The number of nitrogens with two attached hydrogens (primary N) is 1. The number of rotatable bonds is 4. The van der Waals surface area contributed by atoms with Gasteiger partial charge in [-0.3, -0.25) is 18.6 Å². The molecule has 7 nitrogen and oxygen atoms in total. The van der Waals surface area contributed by atoms with Crippen molar-refractivity contribution in [1.29, 1.82) is 0 Å². The normalized spacial score (nSPS) is 12.4. The maximum Gasteiger partial charge on any atom is 0.261 e. The fourth-order valence-corrected chi connectivity index (χ4v) is 4.00. The van der Waals surface area contributed by atoms with Gasteiger partial charge in [-0.1, -0.05) is 6.07 Å². The van der Waals surface area contributed by atoms with Crippen molar-refractivity contribution in [3.8, 4) is 0 Å². The Bertz CT molecular complexity index is 1390. The summed E-state index contributed by atoms with van der Waals surface area (Å²) in [6.07, 6.45) is 1.70. The van der Waals surface area contributed by atoms with Crippen LogP contribution in [0.5, 0.6) is 0 Å². The highest BCUT2D eigenvalue weighted by Crippen LogP contribution is 2.29. The van der Waals surface area contributed by atoms with E-state index < -0.39 is 11.7 Å². The first-order chi connectivity index (χ1) is 14.2. The number of primary amides is 1. The van der Waals surface area contributed by atoms with Gasteiger partial charge in [-0.2, -0.15) is 0 Å². The number of halogens is 1. The molecular formula is C22H22FN5O2. The number of nitrogens with one attached hydrogen (secondary N) is 1. The third kappa shape index (κ3) is 3.01. The molecule has 2 heterocycles. The quantitative estimate of drug-likeness (QED) is 0.543. The summed E-state index contributed by atoms with van der Waals surface area (Å²) in [5.41, 5.74) is 9.78. The highest BCUT2D eigenvalue weighted by molar-refractivity contribution is 5.98. The smallest absolute Gasteiger partial charge is 0.261 e. The number of carbonyl (C=O) groups is 1. The van der Waals surface area contributed by atoms with Crippen LogP contribution in [0.2, 0.25) is 0 Å². The number of benzene rings is 2. The van der Waals surface area contributed by atoms with Gasteiger partial charge in [0.2, 0.25) is 0 Å². The highest BCUT2D eigenvalue weighted by atomic mass is 19.1. The largest absolute Gasteiger partial charge is 0.378 e. The van der Waals surface area contributed by atoms with Crippen molar-refractivity contribution in [1.82, 2.24) is 14.0 Å². The molecule has 2 aromatic carbocycles. The number of aryl methyl sites for hydroxylation is 3. The van der Waals surface area contributed by atoms with Crippen LogP contribution in [-0.2, 0) is 7.05 Å². The number of hydrogen-bond donors (Lipinski definition) is 2. The lowest BCUT2D eigenvalue weighted by atomic mass is 10.00. The fraction of sp³-hybridized carbons (Fsp3) is 0.227. The summed E-state index contributed by atoms with van der Waals surface area (Å²) in [4.78, 5) is 29.2. The van der Waals surface area contributed by atoms with Gasteiger partial charge >= 0.3 is 0 Å². The molecule has 0 saturated heterocycles. The van der Waals surface area contributed by atoms with Crippen molar-refractivity contribution in [3.05, 3.63) is 75.2 Å². The van der Waals surface area contributed by atoms with Crippen LogP contribution in [0.25, 0.3) is 16.6 Å². The number of nitrogens with zero attached hydrogens (tertiary/aromatic N) is 3. The van der Waals surface area contributed by atoms with Gasteiger partial charge in [0.25, 0.3) is 11.5 Å². The fourth-order valence-electron chi connectivity index (χ4n) is 4.00. The average Bonchev–Trinajstić information content (AvgIpc) is 3.08. The van der Waals surface area contributed by atoms with Gasteiger partial charge in [-0.05, 0) is 56.2 Å². The molecule has 0 aliphatic heterocycles. The molecule has 1 atom stereocenters. The van der Waals surface area contributed by atoms with E-state index >= 15 is 0 Å². The number of amides is 1. The Morgan fingerprint density at radius 1 is 1.23 bits per heavy atom. The van der Waals surface area contributed by atoms with Gasteiger partial charge in [-0.25, -0.2) is 9.37 Å². The Balaban J connectivity index is 1.95. The van der Waals surface area contributed by atoms with Crippen LogP contribution in [0.3, 0.4) is 0 Å². The zero-order chi connectivity index (χ0) is 21.7. The summed E-state index contributed by atoms with van der Waals surface area (Å²) in [5.74, 6) is -1.26. The molecule has 8 heteroatoms. The Hall–Kier alpha value is -3.68. The zero-order valence-electron chi connectivity index (χ0n) is 17.2. The van der Waals surface area contributed by atoms with E-state index in [1.807, 2.05) is 37.3 Å². The van der Waals surface area contributed by atoms with Crippen LogP contribution in [0.15, 0.2) is 41.5 Å². The number of carbonyl (C=O) groups excluding carboxylic acids is 1.